The first-order valence-corrected chi connectivity index (χ1v) is 13.3. The van der Waals surface area contributed by atoms with Gasteiger partial charge in [0.1, 0.15) is 0 Å². The summed E-state index contributed by atoms with van der Waals surface area (Å²) in [5.74, 6) is 0. The maximum atomic E-state index is 3.91. The van der Waals surface area contributed by atoms with Gasteiger partial charge >= 0.3 is 22.4 Å². The van der Waals surface area contributed by atoms with Crippen LogP contribution in [0.2, 0.25) is 19.6 Å². The van der Waals surface area contributed by atoms with Crippen molar-refractivity contribution in [2.24, 2.45) is 0 Å². The van der Waals surface area contributed by atoms with Crippen LogP contribution < -0.4 is 15.9 Å². The Morgan fingerprint density at radius 1 is 0.560 bits per heavy atom. The molecule has 0 bridgehead atoms. The van der Waals surface area contributed by atoms with Crippen LogP contribution >= 0.6 is 7.92 Å². The second kappa shape index (κ2) is 10.9. The van der Waals surface area contributed by atoms with Crippen molar-refractivity contribution in [3.63, 3.8) is 0 Å². The zero-order valence-corrected chi connectivity index (χ0v) is 19.2. The van der Waals surface area contributed by atoms with E-state index in [9.17, 15) is 0 Å². The van der Waals surface area contributed by atoms with Crippen LogP contribution in [0.3, 0.4) is 0 Å². The van der Waals surface area contributed by atoms with Crippen molar-refractivity contribution in [3.8, 4) is 0 Å². The topological polar surface area (TPSA) is 0 Å². The molecule has 3 aromatic rings. The number of rotatable bonds is 3. The predicted molar refractivity (Wildman–Crippen MR) is 114 cm³/mol. The van der Waals surface area contributed by atoms with E-state index in [0.717, 1.165) is 0 Å². The third-order valence-corrected chi connectivity index (χ3v) is 5.49. The zero-order chi connectivity index (χ0) is 17.4. The Kier molecular flexibility index (Phi) is 9.64. The molecule has 0 nitrogen and oxygen atoms in total. The summed E-state index contributed by atoms with van der Waals surface area (Å²) in [6, 6.07) is 32.3. The Bertz CT molecular complexity index is 609. The largest absolute Gasteiger partial charge is 1.00 e. The fraction of sp³-hybridized carbons (Fsp3) is 0.136. The van der Waals surface area contributed by atoms with E-state index in [-0.39, 0.29) is 22.4 Å². The zero-order valence-electron chi connectivity index (χ0n) is 15.1. The first-order valence-electron chi connectivity index (χ1n) is 8.26. The molecule has 3 rings (SSSR count). The van der Waals surface area contributed by atoms with Gasteiger partial charge in [0, 0.05) is 0 Å². The minimum Gasteiger partial charge on any atom is -0.342 e. The van der Waals surface area contributed by atoms with Crippen molar-refractivity contribution in [1.29, 1.82) is 0 Å². The molecule has 0 saturated heterocycles. The van der Waals surface area contributed by atoms with E-state index in [1.165, 1.54) is 15.9 Å². The van der Waals surface area contributed by atoms with Gasteiger partial charge in [-0.25, -0.2) is 0 Å². The van der Waals surface area contributed by atoms with E-state index < -0.39 is 16.0 Å². The molecule has 0 radical (unpaired) electrons. The van der Waals surface area contributed by atoms with Crippen LogP contribution in [-0.2, 0) is 22.4 Å². The van der Waals surface area contributed by atoms with Gasteiger partial charge in [-0.1, -0.05) is 111 Å². The van der Waals surface area contributed by atoms with Gasteiger partial charge in [-0.05, 0) is 23.8 Å². The average molecular weight is 546 g/mol. The van der Waals surface area contributed by atoms with E-state index in [0.29, 0.717) is 0 Å². The van der Waals surface area contributed by atoms with E-state index in [4.69, 9.17) is 0 Å². The summed E-state index contributed by atoms with van der Waals surface area (Å²) in [6.45, 7) is 10.6. The van der Waals surface area contributed by atoms with E-state index in [1.54, 1.807) is 0 Å². The summed E-state index contributed by atoms with van der Waals surface area (Å²) in [5.41, 5.74) is 0. The molecular weight excluding hydrogens is 520 g/mol. The van der Waals surface area contributed by atoms with Crippen LogP contribution in [0, 0.1) is 6.55 Å². The van der Waals surface area contributed by atoms with Crippen LogP contribution in [0.4, 0.5) is 0 Å². The molecule has 134 valence electrons. The fourth-order valence-corrected chi connectivity index (χ4v) is 4.48. The van der Waals surface area contributed by atoms with Crippen LogP contribution in [0.5, 0.6) is 0 Å². The maximum Gasteiger partial charge on any atom is 1.00 e. The van der Waals surface area contributed by atoms with Crippen molar-refractivity contribution in [2.75, 3.05) is 0 Å². The van der Waals surface area contributed by atoms with Crippen molar-refractivity contribution in [2.45, 2.75) is 19.6 Å². The molecule has 3 heteroatoms. The van der Waals surface area contributed by atoms with Gasteiger partial charge in [-0.3, -0.25) is 0 Å². The molecule has 0 aliphatic rings. The summed E-state index contributed by atoms with van der Waals surface area (Å²) in [4.78, 5) is 0. The minimum atomic E-state index is -0.861. The number of benzene rings is 3. The smallest absolute Gasteiger partial charge is 0.342 e. The summed E-state index contributed by atoms with van der Waals surface area (Å²) < 4.78 is 0. The monoisotopic (exact) mass is 546 g/mol. The molecule has 3 aromatic carbocycles. The van der Waals surface area contributed by atoms with Gasteiger partial charge in [-0.15, -0.1) is 8.07 Å². The molecule has 0 saturated carbocycles. The fourth-order valence-electron chi connectivity index (χ4n) is 2.18. The molecular formula is C22H26AuPSi. The summed E-state index contributed by atoms with van der Waals surface area (Å²) in [7, 11) is -1.31. The van der Waals surface area contributed by atoms with Gasteiger partial charge < -0.3 is 6.55 Å². The average Bonchev–Trinajstić information content (AvgIpc) is 2.57. The van der Waals surface area contributed by atoms with Crippen molar-refractivity contribution >= 4 is 31.9 Å². The molecule has 0 spiro atoms. The van der Waals surface area contributed by atoms with E-state index >= 15 is 0 Å². The Labute approximate surface area is 171 Å². The van der Waals surface area contributed by atoms with Gasteiger partial charge in [0.05, 0.1) is 0 Å². The molecule has 25 heavy (non-hydrogen) atoms. The SMILES string of the molecule is [Au+].[CH2-][Si](C)(C)C.c1ccc(P(c2ccccc2)c2ccccc2)cc1. The summed E-state index contributed by atoms with van der Waals surface area (Å²) in [6.07, 6.45) is 0. The quantitative estimate of drug-likeness (QED) is 0.243. The first kappa shape index (κ1) is 22.1. The first-order chi connectivity index (χ1) is 11.4. The van der Waals surface area contributed by atoms with Crippen molar-refractivity contribution < 1.29 is 22.4 Å². The van der Waals surface area contributed by atoms with Crippen LogP contribution in [0.1, 0.15) is 0 Å². The Hall–Kier alpha value is -0.953. The second-order valence-electron chi connectivity index (χ2n) is 6.90. The molecule has 0 heterocycles. The third-order valence-electron chi connectivity index (χ3n) is 3.04. The standard InChI is InChI=1S/C18H15P.C4H11Si.Au/c1-4-10-16(11-5-1)19(17-12-6-2-7-13-17)18-14-8-3-9-15-18;1-5(2,3)4;/h1-15H;1H2,2-4H3;/q;-1;+1. The van der Waals surface area contributed by atoms with Crippen LogP contribution in [0.15, 0.2) is 91.0 Å². The van der Waals surface area contributed by atoms with Crippen molar-refractivity contribution in [1.82, 2.24) is 0 Å². The Morgan fingerprint density at radius 3 is 0.960 bits per heavy atom. The second-order valence-corrected chi connectivity index (χ2v) is 14.2. The Balaban J connectivity index is 0.000000462. The molecule has 0 aromatic heterocycles. The minimum absolute atomic E-state index is 0. The van der Waals surface area contributed by atoms with Gasteiger partial charge in [0.15, 0.2) is 0 Å². The molecule has 0 amide bonds. The molecule has 0 aliphatic carbocycles. The molecule has 0 atom stereocenters. The number of hydrogen-bond donors (Lipinski definition) is 0. The van der Waals surface area contributed by atoms with Crippen LogP contribution in [-0.4, -0.2) is 8.07 Å². The summed E-state index contributed by atoms with van der Waals surface area (Å²) >= 11 is 0. The predicted octanol–water partition coefficient (Wildman–Crippen LogP) is 5.14. The van der Waals surface area contributed by atoms with Crippen LogP contribution in [0.25, 0.3) is 0 Å². The number of hydrogen-bond acceptors (Lipinski definition) is 0. The van der Waals surface area contributed by atoms with Gasteiger partial charge in [0.2, 0.25) is 0 Å². The molecule has 0 fully saturated rings. The van der Waals surface area contributed by atoms with E-state index in [2.05, 4.69) is 117 Å². The molecule has 0 aliphatic heterocycles. The summed E-state index contributed by atoms with van der Waals surface area (Å²) in [5, 5.41) is 4.19. The van der Waals surface area contributed by atoms with Gasteiger partial charge in [-0.2, -0.15) is 0 Å². The maximum absolute atomic E-state index is 3.91. The Morgan fingerprint density at radius 2 is 0.760 bits per heavy atom. The van der Waals surface area contributed by atoms with E-state index in [1.807, 2.05) is 0 Å². The third kappa shape index (κ3) is 8.31. The molecule has 0 N–H and O–H groups in total. The van der Waals surface area contributed by atoms with Crippen molar-refractivity contribution in [3.05, 3.63) is 97.5 Å². The normalized spacial score (nSPS) is 10.4. The molecule has 0 unspecified atom stereocenters. The van der Waals surface area contributed by atoms with Gasteiger partial charge in [0.25, 0.3) is 0 Å².